The summed E-state index contributed by atoms with van der Waals surface area (Å²) < 4.78 is 28.5. The molecule has 0 aliphatic carbocycles. The third kappa shape index (κ3) is 3.28. The van der Waals surface area contributed by atoms with Gasteiger partial charge in [-0.25, -0.2) is 8.42 Å². The van der Waals surface area contributed by atoms with E-state index in [0.717, 1.165) is 50.2 Å². The number of aromatic nitrogens is 1. The number of aromatic amines is 1. The van der Waals surface area contributed by atoms with Crippen molar-refractivity contribution in [2.45, 2.75) is 11.3 Å². The molecule has 3 rings (SSSR count). The zero-order valence-corrected chi connectivity index (χ0v) is 12.9. The van der Waals surface area contributed by atoms with Gasteiger partial charge in [-0.2, -0.15) is 0 Å². The molecule has 5 nitrogen and oxygen atoms in total. The molecule has 0 spiro atoms. The SMILES string of the molecule is CS(=O)(=O)c1ccc2c(CCN3CCOCC3)c[nH]c2c1. The number of fused-ring (bicyclic) bond motifs is 1. The minimum Gasteiger partial charge on any atom is -0.379 e. The maximum absolute atomic E-state index is 11.6. The molecule has 6 heteroatoms. The van der Waals surface area contributed by atoms with Gasteiger partial charge in [-0.05, 0) is 24.1 Å². The van der Waals surface area contributed by atoms with Crippen LogP contribution in [0.1, 0.15) is 5.56 Å². The number of nitrogens with one attached hydrogen (secondary N) is 1. The molecule has 0 amide bonds. The van der Waals surface area contributed by atoms with Crippen LogP contribution in [0, 0.1) is 0 Å². The smallest absolute Gasteiger partial charge is 0.175 e. The first-order valence-electron chi connectivity index (χ1n) is 7.14. The van der Waals surface area contributed by atoms with E-state index in [1.165, 1.54) is 11.8 Å². The average Bonchev–Trinajstić information content (AvgIpc) is 2.87. The van der Waals surface area contributed by atoms with Gasteiger partial charge in [-0.15, -0.1) is 0 Å². The molecule has 0 saturated carbocycles. The van der Waals surface area contributed by atoms with E-state index in [0.29, 0.717) is 4.90 Å². The van der Waals surface area contributed by atoms with Crippen molar-refractivity contribution >= 4 is 20.7 Å². The molecule has 0 bridgehead atoms. The predicted molar refractivity (Wildman–Crippen MR) is 82.4 cm³/mol. The summed E-state index contributed by atoms with van der Waals surface area (Å²) in [6.07, 6.45) is 4.17. The number of hydrogen-bond acceptors (Lipinski definition) is 4. The fraction of sp³-hybridized carbons (Fsp3) is 0.467. The second-order valence-corrected chi connectivity index (χ2v) is 7.51. The van der Waals surface area contributed by atoms with Crippen molar-refractivity contribution in [3.8, 4) is 0 Å². The van der Waals surface area contributed by atoms with Crippen LogP contribution in [0.3, 0.4) is 0 Å². The van der Waals surface area contributed by atoms with E-state index < -0.39 is 9.84 Å². The van der Waals surface area contributed by atoms with Gasteiger partial charge in [0.05, 0.1) is 18.1 Å². The summed E-state index contributed by atoms with van der Waals surface area (Å²) >= 11 is 0. The summed E-state index contributed by atoms with van der Waals surface area (Å²) in [4.78, 5) is 5.93. The molecular formula is C15H20N2O3S. The molecule has 2 aromatic rings. The first kappa shape index (κ1) is 14.6. The maximum Gasteiger partial charge on any atom is 0.175 e. The monoisotopic (exact) mass is 308 g/mol. The standard InChI is InChI=1S/C15H20N2O3S/c1-21(18,19)13-2-3-14-12(11-16-15(14)10-13)4-5-17-6-8-20-9-7-17/h2-3,10-11,16H,4-9H2,1H3. The Kier molecular flexibility index (Phi) is 4.01. The molecular weight excluding hydrogens is 288 g/mol. The summed E-state index contributed by atoms with van der Waals surface area (Å²) in [5.41, 5.74) is 2.12. The summed E-state index contributed by atoms with van der Waals surface area (Å²) in [5.74, 6) is 0. The third-order valence-corrected chi connectivity index (χ3v) is 5.08. The van der Waals surface area contributed by atoms with E-state index in [4.69, 9.17) is 4.74 Å². The summed E-state index contributed by atoms with van der Waals surface area (Å²) in [5, 5.41) is 1.11. The van der Waals surface area contributed by atoms with Crippen molar-refractivity contribution in [3.05, 3.63) is 30.0 Å². The summed E-state index contributed by atoms with van der Waals surface area (Å²) in [7, 11) is -3.16. The number of ether oxygens (including phenoxy) is 1. The van der Waals surface area contributed by atoms with Crippen LogP contribution < -0.4 is 0 Å². The number of rotatable bonds is 4. The molecule has 114 valence electrons. The van der Waals surface area contributed by atoms with Crippen molar-refractivity contribution in [1.29, 1.82) is 0 Å². The molecule has 2 heterocycles. The molecule has 1 saturated heterocycles. The van der Waals surface area contributed by atoms with Crippen molar-refractivity contribution < 1.29 is 13.2 Å². The van der Waals surface area contributed by atoms with Crippen LogP contribution in [0.4, 0.5) is 0 Å². The lowest BCUT2D eigenvalue weighted by molar-refractivity contribution is 0.0385. The molecule has 1 aromatic carbocycles. The van der Waals surface area contributed by atoms with Gasteiger partial charge in [-0.3, -0.25) is 4.90 Å². The predicted octanol–water partition coefficient (Wildman–Crippen LogP) is 1.45. The molecule has 0 atom stereocenters. The zero-order valence-electron chi connectivity index (χ0n) is 12.1. The lowest BCUT2D eigenvalue weighted by Gasteiger charge is -2.26. The van der Waals surface area contributed by atoms with E-state index in [2.05, 4.69) is 9.88 Å². The van der Waals surface area contributed by atoms with Gasteiger partial charge in [0.25, 0.3) is 0 Å². The van der Waals surface area contributed by atoms with E-state index in [1.54, 1.807) is 12.1 Å². The Labute approximate surface area is 124 Å². The van der Waals surface area contributed by atoms with Crippen LogP contribution in [0.15, 0.2) is 29.3 Å². The molecule has 0 radical (unpaired) electrons. The van der Waals surface area contributed by atoms with Gasteiger partial charge in [0.2, 0.25) is 0 Å². The summed E-state index contributed by atoms with van der Waals surface area (Å²) in [6.45, 7) is 4.60. The largest absolute Gasteiger partial charge is 0.379 e. The van der Waals surface area contributed by atoms with Crippen LogP contribution >= 0.6 is 0 Å². The van der Waals surface area contributed by atoms with Crippen molar-refractivity contribution in [2.24, 2.45) is 0 Å². The number of nitrogens with zero attached hydrogens (tertiary/aromatic N) is 1. The lowest BCUT2D eigenvalue weighted by atomic mass is 10.1. The van der Waals surface area contributed by atoms with Gasteiger partial charge >= 0.3 is 0 Å². The van der Waals surface area contributed by atoms with Crippen LogP contribution in [0.5, 0.6) is 0 Å². The highest BCUT2D eigenvalue weighted by atomic mass is 32.2. The molecule has 0 unspecified atom stereocenters. The van der Waals surface area contributed by atoms with Crippen LogP contribution in [0.25, 0.3) is 10.9 Å². The molecule has 21 heavy (non-hydrogen) atoms. The lowest BCUT2D eigenvalue weighted by Crippen LogP contribution is -2.37. The Morgan fingerprint density at radius 2 is 2.05 bits per heavy atom. The number of morpholine rings is 1. The molecule has 1 aliphatic rings. The highest BCUT2D eigenvalue weighted by Gasteiger charge is 2.13. The van der Waals surface area contributed by atoms with Crippen LogP contribution in [-0.2, 0) is 21.0 Å². The number of sulfone groups is 1. The average molecular weight is 308 g/mol. The van der Waals surface area contributed by atoms with Gasteiger partial charge in [0, 0.05) is 43.0 Å². The van der Waals surface area contributed by atoms with Gasteiger partial charge in [-0.1, -0.05) is 6.07 Å². The van der Waals surface area contributed by atoms with E-state index in [1.807, 2.05) is 12.3 Å². The van der Waals surface area contributed by atoms with E-state index >= 15 is 0 Å². The van der Waals surface area contributed by atoms with E-state index in [-0.39, 0.29) is 0 Å². The number of H-pyrrole nitrogens is 1. The van der Waals surface area contributed by atoms with Crippen LogP contribution in [0.2, 0.25) is 0 Å². The minimum atomic E-state index is -3.16. The Morgan fingerprint density at radius 3 is 2.76 bits per heavy atom. The molecule has 1 N–H and O–H groups in total. The Bertz CT molecular complexity index is 730. The zero-order chi connectivity index (χ0) is 14.9. The van der Waals surface area contributed by atoms with Crippen molar-refractivity contribution in [3.63, 3.8) is 0 Å². The van der Waals surface area contributed by atoms with Crippen molar-refractivity contribution in [2.75, 3.05) is 39.1 Å². The first-order valence-corrected chi connectivity index (χ1v) is 9.03. The van der Waals surface area contributed by atoms with Gasteiger partial charge in [0.15, 0.2) is 9.84 Å². The number of hydrogen-bond donors (Lipinski definition) is 1. The normalized spacial score (nSPS) is 17.4. The van der Waals surface area contributed by atoms with Gasteiger partial charge < -0.3 is 9.72 Å². The first-order chi connectivity index (χ1) is 10.0. The fourth-order valence-corrected chi connectivity index (χ4v) is 3.35. The molecule has 1 aromatic heterocycles. The maximum atomic E-state index is 11.6. The second-order valence-electron chi connectivity index (χ2n) is 5.50. The quantitative estimate of drug-likeness (QED) is 0.928. The fourth-order valence-electron chi connectivity index (χ4n) is 2.71. The third-order valence-electron chi connectivity index (χ3n) is 3.97. The Hall–Kier alpha value is -1.37. The van der Waals surface area contributed by atoms with Gasteiger partial charge in [0.1, 0.15) is 0 Å². The second kappa shape index (κ2) is 5.79. The minimum absolute atomic E-state index is 0.358. The van der Waals surface area contributed by atoms with E-state index in [9.17, 15) is 8.42 Å². The molecule has 1 fully saturated rings. The highest BCUT2D eigenvalue weighted by molar-refractivity contribution is 7.90. The topological polar surface area (TPSA) is 62.4 Å². The molecule has 1 aliphatic heterocycles. The Morgan fingerprint density at radius 1 is 1.29 bits per heavy atom. The highest BCUT2D eigenvalue weighted by Crippen LogP contribution is 2.22. The van der Waals surface area contributed by atoms with Crippen molar-refractivity contribution in [1.82, 2.24) is 9.88 Å². The van der Waals surface area contributed by atoms with Crippen LogP contribution in [-0.4, -0.2) is 57.4 Å². The Balaban J connectivity index is 1.77. The number of benzene rings is 1. The summed E-state index contributed by atoms with van der Waals surface area (Å²) in [6, 6.07) is 5.30.